The number of nitrogens with zero attached hydrogens (tertiary/aromatic N) is 3. The van der Waals surface area contributed by atoms with Gasteiger partial charge in [0.15, 0.2) is 12.1 Å². The van der Waals surface area contributed by atoms with Gasteiger partial charge in [-0.3, -0.25) is 14.9 Å². The molecule has 1 N–H and O–H groups in total. The van der Waals surface area contributed by atoms with Crippen molar-refractivity contribution < 1.29 is 14.0 Å². The van der Waals surface area contributed by atoms with E-state index in [9.17, 15) is 14.0 Å². The van der Waals surface area contributed by atoms with E-state index in [2.05, 4.69) is 15.7 Å². The lowest BCUT2D eigenvalue weighted by Gasteiger charge is -2.18. The molecule has 2 amide bonds. The van der Waals surface area contributed by atoms with Gasteiger partial charge in [-0.2, -0.15) is 5.11 Å². The normalized spacial score (nSPS) is 25.6. The Hall–Kier alpha value is -2.31. The number of rotatable bonds is 1. The van der Waals surface area contributed by atoms with Gasteiger partial charge in [0.1, 0.15) is 5.82 Å². The van der Waals surface area contributed by atoms with Crippen molar-refractivity contribution in [3.63, 3.8) is 0 Å². The molecule has 1 aromatic carbocycles. The van der Waals surface area contributed by atoms with Gasteiger partial charge < -0.3 is 0 Å². The lowest BCUT2D eigenvalue weighted by atomic mass is 10.1. The Morgan fingerprint density at radius 3 is 2.83 bits per heavy atom. The number of carbonyl (C=O) groups is 2. The summed E-state index contributed by atoms with van der Waals surface area (Å²) in [6, 6.07) is 2.79. The molecule has 2 aliphatic rings. The first-order valence-electron chi connectivity index (χ1n) is 5.39. The van der Waals surface area contributed by atoms with Crippen LogP contribution in [0.15, 0.2) is 28.5 Å². The van der Waals surface area contributed by atoms with E-state index in [0.717, 1.165) is 0 Å². The zero-order valence-corrected chi connectivity index (χ0v) is 9.42. The van der Waals surface area contributed by atoms with E-state index in [0.29, 0.717) is 11.3 Å². The first-order valence-corrected chi connectivity index (χ1v) is 5.39. The second-order valence-electron chi connectivity index (χ2n) is 4.23. The molecule has 0 spiro atoms. The highest BCUT2D eigenvalue weighted by molar-refractivity contribution is 6.11. The number of nitrogens with one attached hydrogen (secondary N) is 1. The topological polar surface area (TPSA) is 74.1 Å². The molecule has 2 heterocycles. The van der Waals surface area contributed by atoms with Crippen LogP contribution in [0, 0.1) is 12.7 Å². The summed E-state index contributed by atoms with van der Waals surface area (Å²) < 4.78 is 13.2. The molecule has 7 heteroatoms. The Labute approximate surface area is 101 Å². The molecule has 1 aromatic rings. The lowest BCUT2D eigenvalue weighted by Crippen LogP contribution is -2.38. The maximum absolute atomic E-state index is 13.2. The third kappa shape index (κ3) is 1.40. The molecule has 6 nitrogen and oxygen atoms in total. The average Bonchev–Trinajstić information content (AvgIpc) is 2.87. The van der Waals surface area contributed by atoms with Crippen molar-refractivity contribution in [3.8, 4) is 0 Å². The van der Waals surface area contributed by atoms with Gasteiger partial charge in [-0.1, -0.05) is 5.22 Å². The summed E-state index contributed by atoms with van der Waals surface area (Å²) in [5.74, 6) is -1.22. The lowest BCUT2D eigenvalue weighted by molar-refractivity contribution is -0.125. The standard InChI is InChI=1S/C11H9FN4O2/c1-5-4-6(2-3-7(5)12)16-9-8(14-15-16)10(17)13-11(9)18/h2-4,8-9H,1H3,(H,13,17,18). The third-order valence-electron chi connectivity index (χ3n) is 3.02. The molecule has 0 bridgehead atoms. The van der Waals surface area contributed by atoms with Gasteiger partial charge in [-0.15, -0.1) is 0 Å². The molecule has 2 aliphatic heterocycles. The summed E-state index contributed by atoms with van der Waals surface area (Å²) in [5, 5.41) is 11.1. The zero-order chi connectivity index (χ0) is 12.9. The quantitative estimate of drug-likeness (QED) is 0.744. The Kier molecular flexibility index (Phi) is 2.16. The van der Waals surface area contributed by atoms with Gasteiger partial charge in [-0.05, 0) is 30.7 Å². The van der Waals surface area contributed by atoms with Crippen LogP contribution in [0.25, 0.3) is 0 Å². The van der Waals surface area contributed by atoms with Crippen LogP contribution in [0.4, 0.5) is 10.1 Å². The number of aryl methyl sites for hydroxylation is 1. The minimum absolute atomic E-state index is 0.335. The van der Waals surface area contributed by atoms with E-state index in [4.69, 9.17) is 0 Å². The van der Waals surface area contributed by atoms with E-state index in [1.807, 2.05) is 0 Å². The van der Waals surface area contributed by atoms with E-state index in [-0.39, 0.29) is 5.82 Å². The van der Waals surface area contributed by atoms with Gasteiger partial charge in [0.05, 0.1) is 5.69 Å². The number of amides is 2. The summed E-state index contributed by atoms with van der Waals surface area (Å²) in [7, 11) is 0. The van der Waals surface area contributed by atoms with Crippen LogP contribution < -0.4 is 10.3 Å². The summed E-state index contributed by atoms with van der Waals surface area (Å²) in [6.45, 7) is 1.61. The largest absolute Gasteiger partial charge is 0.292 e. The Morgan fingerprint density at radius 2 is 2.11 bits per heavy atom. The van der Waals surface area contributed by atoms with E-state index in [1.54, 1.807) is 13.0 Å². The number of imide groups is 1. The number of hydrogen-bond acceptors (Lipinski definition) is 5. The summed E-state index contributed by atoms with van der Waals surface area (Å²) in [4.78, 5) is 23.0. The number of benzene rings is 1. The molecule has 2 atom stereocenters. The predicted octanol–water partition coefficient (Wildman–Crippen LogP) is 0.715. The first-order chi connectivity index (χ1) is 8.58. The maximum atomic E-state index is 13.2. The van der Waals surface area contributed by atoms with Crippen molar-refractivity contribution >= 4 is 17.5 Å². The van der Waals surface area contributed by atoms with Crippen molar-refractivity contribution in [2.24, 2.45) is 10.3 Å². The van der Waals surface area contributed by atoms with Gasteiger partial charge in [0.25, 0.3) is 11.8 Å². The molecule has 92 valence electrons. The van der Waals surface area contributed by atoms with Crippen LogP contribution in [-0.4, -0.2) is 23.9 Å². The number of halogens is 1. The number of carbonyl (C=O) groups excluding carboxylic acids is 2. The van der Waals surface area contributed by atoms with Crippen molar-refractivity contribution in [1.82, 2.24) is 5.32 Å². The van der Waals surface area contributed by atoms with Gasteiger partial charge in [0, 0.05) is 0 Å². The Morgan fingerprint density at radius 1 is 1.33 bits per heavy atom. The number of fused-ring (bicyclic) bond motifs is 1. The monoisotopic (exact) mass is 248 g/mol. The molecule has 2 unspecified atom stereocenters. The maximum Gasteiger partial charge on any atom is 0.256 e. The van der Waals surface area contributed by atoms with Crippen LogP contribution in [0.5, 0.6) is 0 Å². The molecular formula is C11H9FN4O2. The highest BCUT2D eigenvalue weighted by atomic mass is 19.1. The fourth-order valence-electron chi connectivity index (χ4n) is 2.07. The van der Waals surface area contributed by atoms with Crippen molar-refractivity contribution in [2.75, 3.05) is 5.01 Å². The summed E-state index contributed by atoms with van der Waals surface area (Å²) >= 11 is 0. The van der Waals surface area contributed by atoms with Crippen LogP contribution in [0.3, 0.4) is 0 Å². The van der Waals surface area contributed by atoms with E-state index < -0.39 is 23.9 Å². The molecule has 1 saturated heterocycles. The second kappa shape index (κ2) is 3.59. The number of hydrogen-bond donors (Lipinski definition) is 1. The van der Waals surface area contributed by atoms with Crippen LogP contribution >= 0.6 is 0 Å². The molecule has 0 saturated carbocycles. The Balaban J connectivity index is 1.98. The molecule has 1 fully saturated rings. The van der Waals surface area contributed by atoms with Gasteiger partial charge in [0.2, 0.25) is 0 Å². The predicted molar refractivity (Wildman–Crippen MR) is 59.2 cm³/mol. The fraction of sp³-hybridized carbons (Fsp3) is 0.273. The summed E-state index contributed by atoms with van der Waals surface area (Å²) in [5.41, 5.74) is 0.978. The van der Waals surface area contributed by atoms with E-state index >= 15 is 0 Å². The molecule has 0 aromatic heterocycles. The van der Waals surface area contributed by atoms with Gasteiger partial charge >= 0.3 is 0 Å². The summed E-state index contributed by atoms with van der Waals surface area (Å²) in [6.07, 6.45) is 0. The average molecular weight is 248 g/mol. The SMILES string of the molecule is Cc1cc(N2N=NC3C(=O)NC(=O)C32)ccc1F. The minimum atomic E-state index is -0.803. The van der Waals surface area contributed by atoms with Crippen molar-refractivity contribution in [2.45, 2.75) is 19.0 Å². The first kappa shape index (κ1) is 10.8. The zero-order valence-electron chi connectivity index (χ0n) is 9.42. The molecular weight excluding hydrogens is 239 g/mol. The van der Waals surface area contributed by atoms with Crippen LogP contribution in [-0.2, 0) is 9.59 Å². The fourth-order valence-corrected chi connectivity index (χ4v) is 2.07. The number of anilines is 1. The highest BCUT2D eigenvalue weighted by Gasteiger charge is 2.49. The third-order valence-corrected chi connectivity index (χ3v) is 3.02. The van der Waals surface area contributed by atoms with Crippen LogP contribution in [0.2, 0.25) is 0 Å². The smallest absolute Gasteiger partial charge is 0.256 e. The van der Waals surface area contributed by atoms with Crippen molar-refractivity contribution in [1.29, 1.82) is 0 Å². The van der Waals surface area contributed by atoms with Gasteiger partial charge in [-0.25, -0.2) is 9.40 Å². The second-order valence-corrected chi connectivity index (χ2v) is 4.23. The molecule has 0 aliphatic carbocycles. The highest BCUT2D eigenvalue weighted by Crippen LogP contribution is 2.29. The van der Waals surface area contributed by atoms with Crippen molar-refractivity contribution in [3.05, 3.63) is 29.6 Å². The molecule has 0 radical (unpaired) electrons. The molecule has 3 rings (SSSR count). The minimum Gasteiger partial charge on any atom is -0.292 e. The Bertz CT molecular complexity index is 586. The van der Waals surface area contributed by atoms with Crippen LogP contribution in [0.1, 0.15) is 5.56 Å². The van der Waals surface area contributed by atoms with E-state index in [1.165, 1.54) is 17.1 Å². The molecule has 18 heavy (non-hydrogen) atoms.